The SMILES string of the molecule is CCC(C)N(C)CCn1c(C)cc2c1CCCC2N. The Kier molecular flexibility index (Phi) is 4.69. The standard InChI is InChI=1S/C16H29N3/c1-5-12(2)18(4)9-10-19-13(3)11-14-15(17)7-6-8-16(14)19/h11-12,15H,5-10,17H2,1-4H3. The largest absolute Gasteiger partial charge is 0.347 e. The van der Waals surface area contributed by atoms with Crippen molar-refractivity contribution in [3.8, 4) is 0 Å². The highest BCUT2D eigenvalue weighted by Gasteiger charge is 2.22. The van der Waals surface area contributed by atoms with Crippen molar-refractivity contribution in [2.45, 2.75) is 65.1 Å². The maximum Gasteiger partial charge on any atom is 0.0352 e. The van der Waals surface area contributed by atoms with Gasteiger partial charge in [0, 0.05) is 36.6 Å². The Bertz CT molecular complexity index is 422. The molecule has 0 amide bonds. The molecule has 1 aromatic rings. The number of aryl methyl sites for hydroxylation is 1. The summed E-state index contributed by atoms with van der Waals surface area (Å²) >= 11 is 0. The van der Waals surface area contributed by atoms with Crippen LogP contribution in [0.4, 0.5) is 0 Å². The highest BCUT2D eigenvalue weighted by Crippen LogP contribution is 2.30. The summed E-state index contributed by atoms with van der Waals surface area (Å²) in [4.78, 5) is 2.45. The summed E-state index contributed by atoms with van der Waals surface area (Å²) in [6, 6.07) is 3.23. The predicted octanol–water partition coefficient (Wildman–Crippen LogP) is 2.86. The summed E-state index contributed by atoms with van der Waals surface area (Å²) in [5, 5.41) is 0. The van der Waals surface area contributed by atoms with Crippen LogP contribution in [0.2, 0.25) is 0 Å². The highest BCUT2D eigenvalue weighted by molar-refractivity contribution is 5.32. The summed E-state index contributed by atoms with van der Waals surface area (Å²) in [7, 11) is 2.23. The molecular weight excluding hydrogens is 234 g/mol. The van der Waals surface area contributed by atoms with Crippen molar-refractivity contribution in [1.82, 2.24) is 9.47 Å². The molecule has 0 aliphatic heterocycles. The first kappa shape index (κ1) is 14.6. The zero-order valence-electron chi connectivity index (χ0n) is 12.9. The molecule has 19 heavy (non-hydrogen) atoms. The monoisotopic (exact) mass is 263 g/mol. The zero-order valence-corrected chi connectivity index (χ0v) is 12.9. The van der Waals surface area contributed by atoms with E-state index in [0.29, 0.717) is 6.04 Å². The predicted molar refractivity (Wildman–Crippen MR) is 81.4 cm³/mol. The van der Waals surface area contributed by atoms with E-state index in [1.54, 1.807) is 0 Å². The Hall–Kier alpha value is -0.800. The van der Waals surface area contributed by atoms with Crippen LogP contribution in [0.1, 0.15) is 56.1 Å². The number of likely N-dealkylation sites (N-methyl/N-ethyl adjacent to an activating group) is 1. The summed E-state index contributed by atoms with van der Waals surface area (Å²) in [6.07, 6.45) is 4.79. The summed E-state index contributed by atoms with van der Waals surface area (Å²) in [5.41, 5.74) is 10.5. The number of aromatic nitrogens is 1. The molecule has 1 aromatic heterocycles. The van der Waals surface area contributed by atoms with Crippen LogP contribution in [0.25, 0.3) is 0 Å². The number of rotatable bonds is 5. The molecule has 1 heterocycles. The molecule has 0 fully saturated rings. The normalized spacial score (nSPS) is 20.6. The van der Waals surface area contributed by atoms with Crippen LogP contribution < -0.4 is 5.73 Å². The van der Waals surface area contributed by atoms with Crippen LogP contribution in [0.15, 0.2) is 6.07 Å². The lowest BCUT2D eigenvalue weighted by Gasteiger charge is -2.26. The maximum atomic E-state index is 6.23. The van der Waals surface area contributed by atoms with E-state index in [4.69, 9.17) is 5.73 Å². The number of nitrogens with two attached hydrogens (primary N) is 1. The second kappa shape index (κ2) is 6.10. The first-order valence-corrected chi connectivity index (χ1v) is 7.69. The summed E-state index contributed by atoms with van der Waals surface area (Å²) < 4.78 is 2.49. The lowest BCUT2D eigenvalue weighted by atomic mass is 9.93. The van der Waals surface area contributed by atoms with Gasteiger partial charge in [0.1, 0.15) is 0 Å². The van der Waals surface area contributed by atoms with Gasteiger partial charge in [-0.3, -0.25) is 0 Å². The van der Waals surface area contributed by atoms with Crippen LogP contribution in [-0.2, 0) is 13.0 Å². The molecule has 2 atom stereocenters. The van der Waals surface area contributed by atoms with Gasteiger partial charge in [0.15, 0.2) is 0 Å². The summed E-state index contributed by atoms with van der Waals surface area (Å²) in [6.45, 7) is 8.98. The molecule has 0 aromatic carbocycles. The Morgan fingerprint density at radius 2 is 2.26 bits per heavy atom. The lowest BCUT2D eigenvalue weighted by molar-refractivity contribution is 0.241. The number of hydrogen-bond acceptors (Lipinski definition) is 2. The van der Waals surface area contributed by atoms with Gasteiger partial charge in [-0.2, -0.15) is 0 Å². The minimum atomic E-state index is 0.260. The van der Waals surface area contributed by atoms with E-state index in [2.05, 4.69) is 43.4 Å². The molecule has 0 saturated carbocycles. The second-order valence-electron chi connectivity index (χ2n) is 6.08. The summed E-state index contributed by atoms with van der Waals surface area (Å²) in [5.74, 6) is 0. The van der Waals surface area contributed by atoms with Gasteiger partial charge in [0.05, 0.1) is 0 Å². The number of nitrogens with zero attached hydrogens (tertiary/aromatic N) is 2. The Morgan fingerprint density at radius 1 is 1.53 bits per heavy atom. The smallest absolute Gasteiger partial charge is 0.0352 e. The molecule has 3 heteroatoms. The number of hydrogen-bond donors (Lipinski definition) is 1. The molecule has 1 aliphatic rings. The molecule has 0 spiro atoms. The average Bonchev–Trinajstić information content (AvgIpc) is 2.72. The van der Waals surface area contributed by atoms with E-state index in [0.717, 1.165) is 19.5 Å². The van der Waals surface area contributed by atoms with Crippen molar-refractivity contribution in [1.29, 1.82) is 0 Å². The fourth-order valence-electron chi connectivity index (χ4n) is 3.10. The van der Waals surface area contributed by atoms with Gasteiger partial charge >= 0.3 is 0 Å². The van der Waals surface area contributed by atoms with Crippen molar-refractivity contribution in [3.63, 3.8) is 0 Å². The fraction of sp³-hybridized carbons (Fsp3) is 0.750. The van der Waals surface area contributed by atoms with Crippen LogP contribution >= 0.6 is 0 Å². The molecular formula is C16H29N3. The first-order valence-electron chi connectivity index (χ1n) is 7.69. The van der Waals surface area contributed by atoms with Gasteiger partial charge in [0.25, 0.3) is 0 Å². The Labute approximate surface area is 117 Å². The fourth-order valence-corrected chi connectivity index (χ4v) is 3.10. The van der Waals surface area contributed by atoms with Crippen LogP contribution in [0, 0.1) is 6.92 Å². The molecule has 108 valence electrons. The Balaban J connectivity index is 2.09. The van der Waals surface area contributed by atoms with Crippen LogP contribution in [0.5, 0.6) is 0 Å². The molecule has 0 saturated heterocycles. The molecule has 2 N–H and O–H groups in total. The molecule has 2 unspecified atom stereocenters. The van der Waals surface area contributed by atoms with Crippen LogP contribution in [0.3, 0.4) is 0 Å². The van der Waals surface area contributed by atoms with E-state index < -0.39 is 0 Å². The molecule has 3 nitrogen and oxygen atoms in total. The van der Waals surface area contributed by atoms with E-state index in [-0.39, 0.29) is 6.04 Å². The van der Waals surface area contributed by atoms with Crippen molar-refractivity contribution >= 4 is 0 Å². The molecule has 0 bridgehead atoms. The van der Waals surface area contributed by atoms with E-state index in [1.807, 2.05) is 0 Å². The van der Waals surface area contributed by atoms with Gasteiger partial charge in [-0.25, -0.2) is 0 Å². The zero-order chi connectivity index (χ0) is 14.0. The molecule has 1 aliphatic carbocycles. The van der Waals surface area contributed by atoms with Crippen molar-refractivity contribution < 1.29 is 0 Å². The third-order valence-electron chi connectivity index (χ3n) is 4.80. The molecule has 0 radical (unpaired) electrons. The third-order valence-corrected chi connectivity index (χ3v) is 4.80. The van der Waals surface area contributed by atoms with Crippen LogP contribution in [-0.4, -0.2) is 29.1 Å². The quantitative estimate of drug-likeness (QED) is 0.886. The van der Waals surface area contributed by atoms with Gasteiger partial charge < -0.3 is 15.2 Å². The third kappa shape index (κ3) is 3.03. The number of fused-ring (bicyclic) bond motifs is 1. The maximum absolute atomic E-state index is 6.23. The van der Waals surface area contributed by atoms with Gasteiger partial charge in [-0.1, -0.05) is 6.92 Å². The topological polar surface area (TPSA) is 34.2 Å². The molecule has 2 rings (SSSR count). The van der Waals surface area contributed by atoms with Gasteiger partial charge in [-0.15, -0.1) is 0 Å². The first-order chi connectivity index (χ1) is 9.04. The highest BCUT2D eigenvalue weighted by atomic mass is 15.1. The van der Waals surface area contributed by atoms with Gasteiger partial charge in [0.2, 0.25) is 0 Å². The van der Waals surface area contributed by atoms with E-state index >= 15 is 0 Å². The Morgan fingerprint density at radius 3 is 2.95 bits per heavy atom. The lowest BCUT2D eigenvalue weighted by Crippen LogP contribution is -2.32. The minimum absolute atomic E-state index is 0.260. The van der Waals surface area contributed by atoms with Crippen molar-refractivity contribution in [2.75, 3.05) is 13.6 Å². The van der Waals surface area contributed by atoms with Crippen molar-refractivity contribution in [2.24, 2.45) is 5.73 Å². The second-order valence-corrected chi connectivity index (χ2v) is 6.08. The average molecular weight is 263 g/mol. The van der Waals surface area contributed by atoms with Crippen molar-refractivity contribution in [3.05, 3.63) is 23.0 Å². The minimum Gasteiger partial charge on any atom is -0.347 e. The van der Waals surface area contributed by atoms with Gasteiger partial charge in [-0.05, 0) is 58.2 Å². The van der Waals surface area contributed by atoms with E-state index in [9.17, 15) is 0 Å². The van der Waals surface area contributed by atoms with E-state index in [1.165, 1.54) is 36.2 Å².